The lowest BCUT2D eigenvalue weighted by molar-refractivity contribution is -0.117. The number of nitrogens with one attached hydrogen (secondary N) is 1. The molecule has 3 rings (SSSR count). The number of nitrogens with zero attached hydrogens (tertiary/aromatic N) is 2. The van der Waals surface area contributed by atoms with E-state index in [0.717, 1.165) is 28.7 Å². The predicted octanol–water partition coefficient (Wildman–Crippen LogP) is 4.84. The van der Waals surface area contributed by atoms with Gasteiger partial charge in [0.1, 0.15) is 0 Å². The van der Waals surface area contributed by atoms with Gasteiger partial charge in [-0.25, -0.2) is 4.98 Å². The van der Waals surface area contributed by atoms with Crippen molar-refractivity contribution in [2.75, 3.05) is 11.4 Å². The minimum absolute atomic E-state index is 0.0902. The number of aromatic amines is 1. The number of hydrogen-bond donors (Lipinski definition) is 1. The third kappa shape index (κ3) is 4.80. The maximum absolute atomic E-state index is 12.9. The molecular weight excluding hydrogens is 354 g/mol. The first-order chi connectivity index (χ1) is 13.1. The van der Waals surface area contributed by atoms with Crippen LogP contribution >= 0.6 is 11.8 Å². The molecule has 0 bridgehead atoms. The lowest BCUT2D eigenvalue weighted by Crippen LogP contribution is -2.36. The van der Waals surface area contributed by atoms with Crippen LogP contribution < -0.4 is 4.90 Å². The zero-order chi connectivity index (χ0) is 19.2. The lowest BCUT2D eigenvalue weighted by Gasteiger charge is -2.23. The minimum Gasteiger partial charge on any atom is -0.337 e. The summed E-state index contributed by atoms with van der Waals surface area (Å²) in [6, 6.07) is 20.1. The van der Waals surface area contributed by atoms with Crippen molar-refractivity contribution in [3.05, 3.63) is 77.6 Å². The molecule has 3 aromatic rings. The highest BCUT2D eigenvalue weighted by Gasteiger charge is 2.23. The average molecular weight is 380 g/mol. The summed E-state index contributed by atoms with van der Waals surface area (Å²) in [5, 5.41) is 0.573. The first-order valence-corrected chi connectivity index (χ1v) is 10.1. The highest BCUT2D eigenvalue weighted by molar-refractivity contribution is 8.00. The number of aromatic nitrogens is 2. The molecule has 27 heavy (non-hydrogen) atoms. The van der Waals surface area contributed by atoms with Gasteiger partial charge >= 0.3 is 0 Å². The number of carbonyl (C=O) groups excluding carboxylic acids is 1. The number of H-pyrrole nitrogens is 1. The van der Waals surface area contributed by atoms with E-state index < -0.39 is 0 Å². The van der Waals surface area contributed by atoms with Gasteiger partial charge in [-0.1, -0.05) is 60.3 Å². The van der Waals surface area contributed by atoms with E-state index in [9.17, 15) is 4.79 Å². The van der Waals surface area contributed by atoms with Crippen LogP contribution in [0, 0.1) is 6.92 Å². The molecule has 0 spiro atoms. The predicted molar refractivity (Wildman–Crippen MR) is 112 cm³/mol. The van der Waals surface area contributed by atoms with Crippen molar-refractivity contribution in [1.29, 1.82) is 0 Å². The van der Waals surface area contributed by atoms with Gasteiger partial charge in [0.15, 0.2) is 5.16 Å². The molecule has 140 valence electrons. The van der Waals surface area contributed by atoms with Crippen molar-refractivity contribution in [3.8, 4) is 0 Å². The van der Waals surface area contributed by atoms with E-state index in [1.165, 1.54) is 17.3 Å². The molecule has 0 unspecified atom stereocenters. The summed E-state index contributed by atoms with van der Waals surface area (Å²) in [4.78, 5) is 22.8. The van der Waals surface area contributed by atoms with E-state index >= 15 is 0 Å². The molecule has 2 aromatic carbocycles. The molecule has 0 aliphatic rings. The Hall–Kier alpha value is -2.53. The topological polar surface area (TPSA) is 49.0 Å². The van der Waals surface area contributed by atoms with E-state index in [-0.39, 0.29) is 11.2 Å². The van der Waals surface area contributed by atoms with E-state index in [4.69, 9.17) is 4.98 Å². The maximum atomic E-state index is 12.9. The van der Waals surface area contributed by atoms with Crippen molar-refractivity contribution in [2.24, 2.45) is 0 Å². The van der Waals surface area contributed by atoms with Gasteiger partial charge in [0.25, 0.3) is 0 Å². The van der Waals surface area contributed by atoms with Crippen molar-refractivity contribution in [3.63, 3.8) is 0 Å². The standard InChI is InChI=1S/C22H25N3OS/c1-4-25(19-13-9-6-10-14-19)21(26)17(3)27-22-23-16(2)20(24-22)15-18-11-7-5-8-12-18/h5-14,17H,4,15H2,1-3H3,(H,23,24)/t17-/m1/s1. The number of amides is 1. The van der Waals surface area contributed by atoms with Crippen molar-refractivity contribution >= 4 is 23.4 Å². The van der Waals surface area contributed by atoms with Crippen LogP contribution in [-0.2, 0) is 11.2 Å². The fourth-order valence-electron chi connectivity index (χ4n) is 2.99. The Morgan fingerprint density at radius 2 is 1.74 bits per heavy atom. The lowest BCUT2D eigenvalue weighted by atomic mass is 10.1. The zero-order valence-corrected chi connectivity index (χ0v) is 16.8. The molecular formula is C22H25N3OS. The van der Waals surface area contributed by atoms with E-state index in [1.807, 2.05) is 74.2 Å². The van der Waals surface area contributed by atoms with Crippen LogP contribution in [-0.4, -0.2) is 27.7 Å². The second kappa shape index (κ2) is 8.91. The largest absolute Gasteiger partial charge is 0.337 e. The average Bonchev–Trinajstić information content (AvgIpc) is 3.02. The molecule has 0 aliphatic carbocycles. The fourth-order valence-corrected chi connectivity index (χ4v) is 3.93. The summed E-state index contributed by atoms with van der Waals surface area (Å²) in [6.45, 7) is 6.61. The second-order valence-corrected chi connectivity index (χ2v) is 7.78. The number of aryl methyl sites for hydroxylation is 1. The molecule has 0 saturated carbocycles. The number of benzene rings is 2. The molecule has 0 aliphatic heterocycles. The van der Waals surface area contributed by atoms with Crippen molar-refractivity contribution < 1.29 is 4.79 Å². The van der Waals surface area contributed by atoms with Gasteiger partial charge in [-0.3, -0.25) is 4.79 Å². The Kier molecular flexibility index (Phi) is 6.35. The summed E-state index contributed by atoms with van der Waals surface area (Å²) < 4.78 is 0. The van der Waals surface area contributed by atoms with Crippen LogP contribution in [0.3, 0.4) is 0 Å². The quantitative estimate of drug-likeness (QED) is 0.598. The van der Waals surface area contributed by atoms with Crippen LogP contribution in [0.25, 0.3) is 0 Å². The molecule has 1 heterocycles. The Bertz CT molecular complexity index is 877. The molecule has 0 fully saturated rings. The highest BCUT2D eigenvalue weighted by Crippen LogP contribution is 2.26. The monoisotopic (exact) mass is 379 g/mol. The number of para-hydroxylation sites is 1. The van der Waals surface area contributed by atoms with Crippen LogP contribution in [0.15, 0.2) is 65.8 Å². The first-order valence-electron chi connectivity index (χ1n) is 9.21. The van der Waals surface area contributed by atoms with Crippen LogP contribution in [0.2, 0.25) is 0 Å². The van der Waals surface area contributed by atoms with E-state index in [2.05, 4.69) is 17.1 Å². The normalized spacial score (nSPS) is 12.0. The van der Waals surface area contributed by atoms with Gasteiger partial charge in [0.2, 0.25) is 5.91 Å². The molecule has 1 N–H and O–H groups in total. The fraction of sp³-hybridized carbons (Fsp3) is 0.273. The van der Waals surface area contributed by atoms with Gasteiger partial charge in [-0.15, -0.1) is 0 Å². The molecule has 5 heteroatoms. The molecule has 1 amide bonds. The second-order valence-electron chi connectivity index (χ2n) is 6.45. The number of rotatable bonds is 7. The third-order valence-corrected chi connectivity index (χ3v) is 5.44. The van der Waals surface area contributed by atoms with E-state index in [0.29, 0.717) is 6.54 Å². The van der Waals surface area contributed by atoms with Gasteiger partial charge in [0.05, 0.1) is 10.9 Å². The number of thioether (sulfide) groups is 1. The smallest absolute Gasteiger partial charge is 0.240 e. The van der Waals surface area contributed by atoms with Crippen molar-refractivity contribution in [1.82, 2.24) is 9.97 Å². The van der Waals surface area contributed by atoms with Crippen LogP contribution in [0.5, 0.6) is 0 Å². The molecule has 4 nitrogen and oxygen atoms in total. The summed E-state index contributed by atoms with van der Waals surface area (Å²) >= 11 is 1.48. The third-order valence-electron chi connectivity index (χ3n) is 4.46. The molecule has 1 aromatic heterocycles. The number of imidazole rings is 1. The Morgan fingerprint density at radius 3 is 2.37 bits per heavy atom. The van der Waals surface area contributed by atoms with Gasteiger partial charge in [0, 0.05) is 24.3 Å². The first kappa shape index (κ1) is 19.2. The van der Waals surface area contributed by atoms with Gasteiger partial charge < -0.3 is 9.88 Å². The SMILES string of the molecule is CCN(C(=O)[C@@H](C)Sc1nc(Cc2ccccc2)c(C)[nH]1)c1ccccc1. The summed E-state index contributed by atoms with van der Waals surface area (Å²) in [7, 11) is 0. The van der Waals surface area contributed by atoms with E-state index in [1.54, 1.807) is 0 Å². The van der Waals surface area contributed by atoms with Crippen LogP contribution in [0.4, 0.5) is 5.69 Å². The van der Waals surface area contributed by atoms with Gasteiger partial charge in [-0.2, -0.15) is 0 Å². The van der Waals surface area contributed by atoms with Gasteiger partial charge in [-0.05, 0) is 38.5 Å². The highest BCUT2D eigenvalue weighted by atomic mass is 32.2. The Morgan fingerprint density at radius 1 is 1.11 bits per heavy atom. The summed E-state index contributed by atoms with van der Waals surface area (Å²) in [6.07, 6.45) is 0.789. The number of carbonyl (C=O) groups is 1. The summed E-state index contributed by atoms with van der Waals surface area (Å²) in [5.41, 5.74) is 4.24. The number of hydrogen-bond acceptors (Lipinski definition) is 3. The number of anilines is 1. The molecule has 1 atom stereocenters. The Balaban J connectivity index is 1.69. The zero-order valence-electron chi connectivity index (χ0n) is 16.0. The molecule has 0 radical (unpaired) electrons. The summed E-state index contributed by atoms with van der Waals surface area (Å²) in [5.74, 6) is 0.0902. The maximum Gasteiger partial charge on any atom is 0.240 e. The minimum atomic E-state index is -0.222. The molecule has 0 saturated heterocycles. The van der Waals surface area contributed by atoms with Crippen LogP contribution in [0.1, 0.15) is 30.8 Å². The Labute approximate surface area is 165 Å². The van der Waals surface area contributed by atoms with Crippen molar-refractivity contribution in [2.45, 2.75) is 37.6 Å².